The summed E-state index contributed by atoms with van der Waals surface area (Å²) in [7, 11) is 0. The molecule has 1 amide bonds. The molecular weight excluding hydrogens is 196 g/mol. The molecule has 2 aromatic heterocycles. The van der Waals surface area contributed by atoms with E-state index in [1.165, 1.54) is 0 Å². The highest BCUT2D eigenvalue weighted by Gasteiger charge is 2.13. The molecule has 0 bridgehead atoms. The Bertz CT molecular complexity index is 486. The van der Waals surface area contributed by atoms with Crippen molar-refractivity contribution in [2.75, 3.05) is 5.32 Å². The Morgan fingerprint density at radius 1 is 1.53 bits per heavy atom. The van der Waals surface area contributed by atoms with Crippen molar-refractivity contribution in [1.82, 2.24) is 15.4 Å². The number of carbonyl (C=O) groups excluding carboxylic acids is 1. The summed E-state index contributed by atoms with van der Waals surface area (Å²) >= 11 is 0. The molecule has 78 valence electrons. The Hall–Kier alpha value is -2.11. The van der Waals surface area contributed by atoms with Gasteiger partial charge in [0, 0.05) is 11.6 Å². The van der Waals surface area contributed by atoms with Crippen LogP contribution < -0.4 is 5.32 Å². The molecule has 2 aromatic rings. The molecule has 15 heavy (non-hydrogen) atoms. The fourth-order valence-corrected chi connectivity index (χ4v) is 1.12. The molecular formula is C9H10N4O2. The minimum atomic E-state index is -0.344. The first-order valence-electron chi connectivity index (χ1n) is 4.41. The molecule has 0 aliphatic rings. The van der Waals surface area contributed by atoms with Gasteiger partial charge >= 0.3 is 0 Å². The quantitative estimate of drug-likeness (QED) is 0.774. The van der Waals surface area contributed by atoms with Gasteiger partial charge in [0.25, 0.3) is 5.91 Å². The van der Waals surface area contributed by atoms with Crippen LogP contribution in [-0.4, -0.2) is 21.3 Å². The largest absolute Gasteiger partial charge is 0.351 e. The first-order valence-corrected chi connectivity index (χ1v) is 4.41. The summed E-state index contributed by atoms with van der Waals surface area (Å²) in [5.41, 5.74) is 1.53. The second kappa shape index (κ2) is 3.56. The molecule has 0 aliphatic heterocycles. The van der Waals surface area contributed by atoms with Crippen LogP contribution >= 0.6 is 0 Å². The predicted octanol–water partition coefficient (Wildman–Crippen LogP) is 1.27. The van der Waals surface area contributed by atoms with Gasteiger partial charge in [-0.2, -0.15) is 5.10 Å². The van der Waals surface area contributed by atoms with Crippen molar-refractivity contribution in [3.05, 3.63) is 29.3 Å². The maximum absolute atomic E-state index is 11.6. The average Bonchev–Trinajstić information content (AvgIpc) is 2.77. The van der Waals surface area contributed by atoms with Crippen LogP contribution in [0.25, 0.3) is 0 Å². The van der Waals surface area contributed by atoms with Crippen molar-refractivity contribution in [3.8, 4) is 0 Å². The molecule has 2 rings (SSSR count). The van der Waals surface area contributed by atoms with E-state index in [2.05, 4.69) is 20.7 Å². The maximum atomic E-state index is 11.6. The van der Waals surface area contributed by atoms with Crippen molar-refractivity contribution in [1.29, 1.82) is 0 Å². The van der Waals surface area contributed by atoms with Crippen molar-refractivity contribution in [2.24, 2.45) is 0 Å². The lowest BCUT2D eigenvalue weighted by Crippen LogP contribution is -2.11. The smallest absolute Gasteiger partial charge is 0.295 e. The number of H-pyrrole nitrogens is 1. The normalized spacial score (nSPS) is 10.3. The zero-order valence-electron chi connectivity index (χ0n) is 8.37. The van der Waals surface area contributed by atoms with E-state index in [1.54, 1.807) is 19.2 Å². The standard InChI is InChI=1S/C9H10N4O2/c1-5-4-10-12-8(5)11-9(14)7-3-6(2)13-15-7/h3-4H,1-2H3,(H2,10,11,12,14). The summed E-state index contributed by atoms with van der Waals surface area (Å²) in [5, 5.41) is 12.7. The summed E-state index contributed by atoms with van der Waals surface area (Å²) in [5.74, 6) is 0.401. The lowest BCUT2D eigenvalue weighted by Gasteiger charge is -1.99. The Morgan fingerprint density at radius 2 is 2.33 bits per heavy atom. The van der Waals surface area contributed by atoms with Crippen LogP contribution in [-0.2, 0) is 0 Å². The Kier molecular flexibility index (Phi) is 2.24. The van der Waals surface area contributed by atoms with E-state index in [-0.39, 0.29) is 11.7 Å². The highest BCUT2D eigenvalue weighted by molar-refractivity contribution is 6.01. The van der Waals surface area contributed by atoms with Crippen molar-refractivity contribution in [3.63, 3.8) is 0 Å². The summed E-state index contributed by atoms with van der Waals surface area (Å²) in [4.78, 5) is 11.6. The third-order valence-corrected chi connectivity index (χ3v) is 1.92. The zero-order chi connectivity index (χ0) is 10.8. The van der Waals surface area contributed by atoms with Crippen LogP contribution in [0.4, 0.5) is 5.82 Å². The van der Waals surface area contributed by atoms with E-state index in [4.69, 9.17) is 4.52 Å². The van der Waals surface area contributed by atoms with Gasteiger partial charge in [0.05, 0.1) is 11.9 Å². The maximum Gasteiger partial charge on any atom is 0.295 e. The molecule has 2 N–H and O–H groups in total. The zero-order valence-corrected chi connectivity index (χ0v) is 8.37. The number of hydrogen-bond acceptors (Lipinski definition) is 4. The van der Waals surface area contributed by atoms with Crippen LogP contribution in [0.3, 0.4) is 0 Å². The molecule has 6 heteroatoms. The number of carbonyl (C=O) groups is 1. The first kappa shape index (κ1) is 9.45. The predicted molar refractivity (Wildman–Crippen MR) is 52.5 cm³/mol. The number of rotatable bonds is 2. The Labute approximate surface area is 85.7 Å². The summed E-state index contributed by atoms with van der Waals surface area (Å²) in [6, 6.07) is 1.57. The Morgan fingerprint density at radius 3 is 2.87 bits per heavy atom. The molecule has 0 aromatic carbocycles. The molecule has 0 saturated heterocycles. The van der Waals surface area contributed by atoms with Crippen LogP contribution in [0.15, 0.2) is 16.8 Å². The highest BCUT2D eigenvalue weighted by atomic mass is 16.5. The highest BCUT2D eigenvalue weighted by Crippen LogP contribution is 2.11. The van der Waals surface area contributed by atoms with Crippen molar-refractivity contribution in [2.45, 2.75) is 13.8 Å². The summed E-state index contributed by atoms with van der Waals surface area (Å²) in [6.45, 7) is 3.59. The van der Waals surface area contributed by atoms with Crippen LogP contribution in [0.5, 0.6) is 0 Å². The SMILES string of the molecule is Cc1cc(C(=O)Nc2[nH]ncc2C)on1. The van der Waals surface area contributed by atoms with Gasteiger partial charge in [0.1, 0.15) is 5.82 Å². The van der Waals surface area contributed by atoms with Gasteiger partial charge in [-0.1, -0.05) is 5.16 Å². The summed E-state index contributed by atoms with van der Waals surface area (Å²) < 4.78 is 4.82. The fourth-order valence-electron chi connectivity index (χ4n) is 1.12. The van der Waals surface area contributed by atoms with Gasteiger partial charge in [-0.25, -0.2) is 0 Å². The first-order chi connectivity index (χ1) is 7.16. The number of aromatic nitrogens is 3. The van der Waals surface area contributed by atoms with E-state index >= 15 is 0 Å². The molecule has 0 atom stereocenters. The van der Waals surface area contributed by atoms with Crippen molar-refractivity contribution >= 4 is 11.7 Å². The van der Waals surface area contributed by atoms with Gasteiger partial charge in [-0.3, -0.25) is 9.89 Å². The molecule has 2 heterocycles. The van der Waals surface area contributed by atoms with Crippen LogP contribution in [0.1, 0.15) is 21.8 Å². The van der Waals surface area contributed by atoms with Gasteiger partial charge in [0.15, 0.2) is 0 Å². The third-order valence-electron chi connectivity index (χ3n) is 1.92. The number of nitrogens with one attached hydrogen (secondary N) is 2. The number of amides is 1. The third kappa shape index (κ3) is 1.88. The van der Waals surface area contributed by atoms with Crippen molar-refractivity contribution < 1.29 is 9.32 Å². The minimum Gasteiger partial charge on any atom is -0.351 e. The average molecular weight is 206 g/mol. The van der Waals surface area contributed by atoms with E-state index in [1.807, 2.05) is 6.92 Å². The lowest BCUT2D eigenvalue weighted by atomic mass is 10.3. The second-order valence-corrected chi connectivity index (χ2v) is 3.21. The lowest BCUT2D eigenvalue weighted by molar-refractivity contribution is 0.0987. The number of hydrogen-bond donors (Lipinski definition) is 2. The molecule has 0 spiro atoms. The fraction of sp³-hybridized carbons (Fsp3) is 0.222. The van der Waals surface area contributed by atoms with Gasteiger partial charge < -0.3 is 9.84 Å². The number of anilines is 1. The van der Waals surface area contributed by atoms with E-state index in [0.29, 0.717) is 11.5 Å². The van der Waals surface area contributed by atoms with Gasteiger partial charge in [-0.05, 0) is 13.8 Å². The molecule has 0 unspecified atom stereocenters. The number of aryl methyl sites for hydroxylation is 2. The molecule has 0 fully saturated rings. The number of aromatic amines is 1. The van der Waals surface area contributed by atoms with Crippen LogP contribution in [0.2, 0.25) is 0 Å². The second-order valence-electron chi connectivity index (χ2n) is 3.21. The number of nitrogens with zero attached hydrogens (tertiary/aromatic N) is 2. The van der Waals surface area contributed by atoms with Gasteiger partial charge in [-0.15, -0.1) is 0 Å². The van der Waals surface area contributed by atoms with Crippen LogP contribution in [0, 0.1) is 13.8 Å². The molecule has 6 nitrogen and oxygen atoms in total. The van der Waals surface area contributed by atoms with E-state index < -0.39 is 0 Å². The monoisotopic (exact) mass is 206 g/mol. The molecule has 0 radical (unpaired) electrons. The van der Waals surface area contributed by atoms with E-state index in [0.717, 1.165) is 5.56 Å². The minimum absolute atomic E-state index is 0.182. The molecule has 0 saturated carbocycles. The van der Waals surface area contributed by atoms with E-state index in [9.17, 15) is 4.79 Å². The Balaban J connectivity index is 2.14. The topological polar surface area (TPSA) is 83.8 Å². The molecule has 0 aliphatic carbocycles. The van der Waals surface area contributed by atoms with Gasteiger partial charge in [0.2, 0.25) is 5.76 Å². The summed E-state index contributed by atoms with van der Waals surface area (Å²) in [6.07, 6.45) is 1.63.